The third-order valence-corrected chi connectivity index (χ3v) is 2.52. The normalized spacial score (nSPS) is 19.1. The molecule has 0 fully saturated rings. The minimum atomic E-state index is -0.943. The van der Waals surface area contributed by atoms with Crippen molar-refractivity contribution in [1.29, 1.82) is 0 Å². The van der Waals surface area contributed by atoms with Crippen molar-refractivity contribution in [3.8, 4) is 0 Å². The number of carbonyl (C=O) groups is 2. The molecule has 1 aliphatic heterocycles. The first-order chi connectivity index (χ1) is 9.52. The highest BCUT2D eigenvalue weighted by molar-refractivity contribution is 6.63. The zero-order valence-corrected chi connectivity index (χ0v) is 11.1. The molecule has 0 amide bonds. The molecular weight excluding hydrogens is 290 g/mol. The molecule has 0 saturated heterocycles. The number of ether oxygens (including phenoxy) is 2. The van der Waals surface area contributed by atoms with E-state index in [0.29, 0.717) is 4.57 Å². The van der Waals surface area contributed by atoms with Gasteiger partial charge in [0.1, 0.15) is 0 Å². The van der Waals surface area contributed by atoms with Gasteiger partial charge in [0.2, 0.25) is 12.0 Å². The Morgan fingerprint density at radius 1 is 1.50 bits per heavy atom. The van der Waals surface area contributed by atoms with Crippen LogP contribution in [0.25, 0.3) is 0 Å². The van der Waals surface area contributed by atoms with Crippen molar-refractivity contribution in [3.63, 3.8) is 0 Å². The maximum Gasteiger partial charge on any atom is 0.356 e. The summed E-state index contributed by atoms with van der Waals surface area (Å²) in [4.78, 5) is 34.0. The van der Waals surface area contributed by atoms with Crippen molar-refractivity contribution < 1.29 is 19.1 Å². The molecule has 0 N–H and O–H groups in total. The Kier molecular flexibility index (Phi) is 4.04. The van der Waals surface area contributed by atoms with Crippen molar-refractivity contribution in [3.05, 3.63) is 35.0 Å². The molecule has 8 nitrogen and oxygen atoms in total. The Hall–Kier alpha value is -2.35. The molecular formula is C11H10ClN3O5. The summed E-state index contributed by atoms with van der Waals surface area (Å²) in [5, 5.41) is 2.88. The maximum absolute atomic E-state index is 11.7. The highest BCUT2D eigenvalue weighted by Crippen LogP contribution is 2.08. The second-order valence-corrected chi connectivity index (χ2v) is 3.96. The minimum absolute atomic E-state index is 0.0462. The number of imidazole rings is 1. The summed E-state index contributed by atoms with van der Waals surface area (Å²) in [5.41, 5.74) is -0.742. The van der Waals surface area contributed by atoms with Gasteiger partial charge < -0.3 is 9.47 Å². The van der Waals surface area contributed by atoms with E-state index in [4.69, 9.17) is 21.1 Å². The van der Waals surface area contributed by atoms with Crippen LogP contribution in [-0.4, -0.2) is 39.2 Å². The molecule has 2 heterocycles. The fraction of sp³-hybridized carbons (Fsp3) is 0.273. The quantitative estimate of drug-likeness (QED) is 0.600. The number of aromatic nitrogens is 2. The van der Waals surface area contributed by atoms with Gasteiger partial charge >= 0.3 is 17.0 Å². The lowest BCUT2D eigenvalue weighted by molar-refractivity contribution is -0.149. The predicted octanol–water partition coefficient (Wildman–Crippen LogP) is 0.536. The van der Waals surface area contributed by atoms with Gasteiger partial charge in [-0.2, -0.15) is 4.68 Å². The number of nitrogens with zero attached hydrogens (tertiary/aromatic N) is 3. The average molecular weight is 300 g/mol. The number of rotatable bonds is 3. The minimum Gasteiger partial charge on any atom is -0.463 e. The Morgan fingerprint density at radius 2 is 2.25 bits per heavy atom. The molecule has 0 spiro atoms. The summed E-state index contributed by atoms with van der Waals surface area (Å²) in [5.74, 6) is -0.500. The first kappa shape index (κ1) is 14.1. The summed E-state index contributed by atoms with van der Waals surface area (Å²) in [6, 6.07) is 0. The van der Waals surface area contributed by atoms with E-state index in [1.807, 2.05) is 0 Å². The molecule has 20 heavy (non-hydrogen) atoms. The summed E-state index contributed by atoms with van der Waals surface area (Å²) < 4.78 is 11.5. The van der Waals surface area contributed by atoms with Gasteiger partial charge in [0.15, 0.2) is 0 Å². The maximum atomic E-state index is 11.7. The van der Waals surface area contributed by atoms with Gasteiger partial charge in [-0.25, -0.2) is 14.2 Å². The van der Waals surface area contributed by atoms with E-state index in [0.717, 1.165) is 4.68 Å². The molecule has 2 rings (SSSR count). The smallest absolute Gasteiger partial charge is 0.356 e. The van der Waals surface area contributed by atoms with Crippen LogP contribution in [0.2, 0.25) is 0 Å². The second kappa shape index (κ2) is 5.74. The highest BCUT2D eigenvalue weighted by Gasteiger charge is 2.24. The van der Waals surface area contributed by atoms with Gasteiger partial charge in [-0.15, -0.1) is 5.10 Å². The zero-order chi connectivity index (χ0) is 14.7. The van der Waals surface area contributed by atoms with Crippen LogP contribution < -0.4 is 5.69 Å². The van der Waals surface area contributed by atoms with Gasteiger partial charge in [0, 0.05) is 12.3 Å². The van der Waals surface area contributed by atoms with Crippen LogP contribution in [0.4, 0.5) is 4.79 Å². The Morgan fingerprint density at radius 3 is 2.85 bits per heavy atom. The number of carbonyl (C=O) groups excluding carboxylic acids is 2. The zero-order valence-electron chi connectivity index (χ0n) is 10.4. The number of halogens is 1. The Labute approximate surface area is 117 Å². The van der Waals surface area contributed by atoms with Crippen LogP contribution in [0.1, 0.15) is 6.92 Å². The standard InChI is InChI=1S/C11H10ClN3O5/c1-2-19-9(16)7-3-4-8(20-7)13-15-6-5-14(10(12)17)11(15)18/h3-7H,2H2,1H3. The first-order valence-electron chi connectivity index (χ1n) is 5.63. The van der Waals surface area contributed by atoms with Crippen LogP contribution in [0.5, 0.6) is 0 Å². The van der Waals surface area contributed by atoms with Gasteiger partial charge in [0.25, 0.3) is 0 Å². The third-order valence-electron chi connectivity index (χ3n) is 2.33. The second-order valence-electron chi connectivity index (χ2n) is 3.64. The summed E-state index contributed by atoms with van der Waals surface area (Å²) >= 11 is 5.19. The van der Waals surface area contributed by atoms with Gasteiger partial charge in [-0.1, -0.05) is 0 Å². The SMILES string of the molecule is CCOC(=O)C1C=CC(=Nn2ccn(C(=O)Cl)c2=O)O1. The van der Waals surface area contributed by atoms with Crippen molar-refractivity contribution in [2.45, 2.75) is 13.0 Å². The van der Waals surface area contributed by atoms with E-state index in [2.05, 4.69) is 5.10 Å². The topological polar surface area (TPSA) is 91.9 Å². The lowest BCUT2D eigenvalue weighted by Crippen LogP contribution is -2.26. The van der Waals surface area contributed by atoms with Crippen molar-refractivity contribution in [2.75, 3.05) is 6.61 Å². The molecule has 0 saturated carbocycles. The summed E-state index contributed by atoms with van der Waals surface area (Å²) in [6.07, 6.45) is 4.40. The molecule has 1 aliphatic rings. The van der Waals surface area contributed by atoms with E-state index in [1.54, 1.807) is 6.92 Å². The molecule has 1 aromatic rings. The molecule has 0 radical (unpaired) electrons. The monoisotopic (exact) mass is 299 g/mol. The van der Waals surface area contributed by atoms with Gasteiger partial charge in [0.05, 0.1) is 12.8 Å². The van der Waals surface area contributed by atoms with E-state index in [9.17, 15) is 14.4 Å². The summed E-state index contributed by atoms with van der Waals surface area (Å²) in [6.45, 7) is 1.91. The molecule has 9 heteroatoms. The average Bonchev–Trinajstić information content (AvgIpc) is 2.98. The van der Waals surface area contributed by atoms with Crippen LogP contribution >= 0.6 is 11.6 Å². The fourth-order valence-corrected chi connectivity index (χ4v) is 1.60. The molecule has 1 atom stereocenters. The van der Waals surface area contributed by atoms with E-state index >= 15 is 0 Å². The van der Waals surface area contributed by atoms with Crippen LogP contribution in [0.3, 0.4) is 0 Å². The molecule has 0 aromatic carbocycles. The first-order valence-corrected chi connectivity index (χ1v) is 6.01. The largest absolute Gasteiger partial charge is 0.463 e. The highest BCUT2D eigenvalue weighted by atomic mass is 35.5. The molecule has 1 unspecified atom stereocenters. The Balaban J connectivity index is 2.15. The molecule has 1 aromatic heterocycles. The van der Waals surface area contributed by atoms with Gasteiger partial charge in [-0.3, -0.25) is 4.79 Å². The Bertz CT molecular complexity index is 657. The van der Waals surface area contributed by atoms with Gasteiger partial charge in [-0.05, 0) is 24.6 Å². The number of esters is 1. The van der Waals surface area contributed by atoms with E-state index < -0.39 is 23.1 Å². The number of hydrogen-bond donors (Lipinski definition) is 0. The summed E-state index contributed by atoms with van der Waals surface area (Å²) in [7, 11) is 0. The van der Waals surface area contributed by atoms with Crippen molar-refractivity contribution in [1.82, 2.24) is 9.24 Å². The van der Waals surface area contributed by atoms with Crippen LogP contribution in [0.15, 0.2) is 34.4 Å². The molecule has 0 bridgehead atoms. The van der Waals surface area contributed by atoms with E-state index in [1.165, 1.54) is 24.5 Å². The molecule has 106 valence electrons. The number of hydrogen-bond acceptors (Lipinski definition) is 6. The third kappa shape index (κ3) is 2.80. The van der Waals surface area contributed by atoms with E-state index in [-0.39, 0.29) is 12.5 Å². The lowest BCUT2D eigenvalue weighted by Gasteiger charge is -2.08. The lowest BCUT2D eigenvalue weighted by atomic mass is 10.3. The molecule has 0 aliphatic carbocycles. The van der Waals surface area contributed by atoms with Crippen molar-refractivity contribution in [2.24, 2.45) is 5.10 Å². The predicted molar refractivity (Wildman–Crippen MR) is 68.8 cm³/mol. The van der Waals surface area contributed by atoms with Crippen LogP contribution in [0, 0.1) is 0 Å². The van der Waals surface area contributed by atoms with Crippen molar-refractivity contribution >= 4 is 28.8 Å². The van der Waals surface area contributed by atoms with Crippen LogP contribution in [-0.2, 0) is 14.3 Å². The fourth-order valence-electron chi connectivity index (χ4n) is 1.47.